The minimum absolute atomic E-state index is 0.0248. The van der Waals surface area contributed by atoms with Gasteiger partial charge in [0.15, 0.2) is 15.5 Å². The van der Waals surface area contributed by atoms with Crippen LogP contribution in [0.25, 0.3) is 5.69 Å². The Balaban J connectivity index is 1.66. The van der Waals surface area contributed by atoms with Gasteiger partial charge in [-0.05, 0) is 24.1 Å². The van der Waals surface area contributed by atoms with Crippen LogP contribution in [-0.2, 0) is 21.8 Å². The van der Waals surface area contributed by atoms with Crippen molar-refractivity contribution in [2.75, 3.05) is 0 Å². The summed E-state index contributed by atoms with van der Waals surface area (Å²) in [5.41, 5.74) is -0.443. The van der Waals surface area contributed by atoms with Gasteiger partial charge in [-0.1, -0.05) is 76.7 Å². The van der Waals surface area contributed by atoms with Gasteiger partial charge >= 0.3 is 6.18 Å². The number of nitrogens with zero attached hydrogens (tertiary/aromatic N) is 3. The molecular weight excluding hydrogens is 569 g/mol. The Morgan fingerprint density at radius 2 is 1.74 bits per heavy atom. The fraction of sp³-hybridized carbons (Fsp3) is 0.273. The Morgan fingerprint density at radius 3 is 2.26 bits per heavy atom. The van der Waals surface area contributed by atoms with E-state index in [-0.39, 0.29) is 39.2 Å². The van der Waals surface area contributed by atoms with E-state index in [1.54, 1.807) is 30.3 Å². The number of sulfone groups is 1. The molecule has 2 atom stereocenters. The highest BCUT2D eigenvalue weighted by Crippen LogP contribution is 2.57. The largest absolute Gasteiger partial charge is 0.416 e. The zero-order chi connectivity index (χ0) is 25.8. The lowest BCUT2D eigenvalue weighted by atomic mass is 9.78. The predicted molar refractivity (Wildman–Crippen MR) is 128 cm³/mol. The average molecular weight is 583 g/mol. The Kier molecular flexibility index (Phi) is 6.84. The van der Waals surface area contributed by atoms with Crippen molar-refractivity contribution in [3.63, 3.8) is 0 Å². The maximum absolute atomic E-state index is 13.1. The molecule has 1 heterocycles. The van der Waals surface area contributed by atoms with Gasteiger partial charge in [-0.15, -0.1) is 0 Å². The van der Waals surface area contributed by atoms with E-state index in [9.17, 15) is 26.9 Å². The molecule has 13 heteroatoms. The molecule has 2 unspecified atom stereocenters. The second-order valence-corrected chi connectivity index (χ2v) is 12.5. The lowest BCUT2D eigenvalue weighted by molar-refractivity contribution is -0.137. The zero-order valence-electron chi connectivity index (χ0n) is 17.4. The molecule has 0 N–H and O–H groups in total. The topological polar surface area (TPSA) is 75.8 Å². The summed E-state index contributed by atoms with van der Waals surface area (Å²) in [5.74, 6) is -1.04. The lowest BCUT2D eigenvalue weighted by Crippen LogP contribution is -2.54. The van der Waals surface area contributed by atoms with Crippen molar-refractivity contribution in [1.29, 1.82) is 5.26 Å². The monoisotopic (exact) mass is 581 g/mol. The Bertz CT molecular complexity index is 1410. The molecule has 0 radical (unpaired) electrons. The van der Waals surface area contributed by atoms with Crippen molar-refractivity contribution in [2.45, 2.75) is 33.9 Å². The van der Waals surface area contributed by atoms with E-state index in [0.717, 1.165) is 4.68 Å². The molecule has 0 aliphatic heterocycles. The molecule has 5 nitrogen and oxygen atoms in total. The van der Waals surface area contributed by atoms with E-state index < -0.39 is 37.1 Å². The van der Waals surface area contributed by atoms with E-state index in [1.807, 2.05) is 6.07 Å². The first-order chi connectivity index (χ1) is 16.3. The highest BCUT2D eigenvalue weighted by Gasteiger charge is 2.60. The third-order valence-electron chi connectivity index (χ3n) is 5.79. The molecule has 0 amide bonds. The zero-order valence-corrected chi connectivity index (χ0v) is 21.2. The number of halogens is 7. The van der Waals surface area contributed by atoms with Crippen LogP contribution in [0.1, 0.15) is 34.7 Å². The van der Waals surface area contributed by atoms with Crippen LogP contribution in [-0.4, -0.2) is 27.8 Å². The molecule has 4 rings (SSSR count). The molecule has 0 bridgehead atoms. The number of hydrogen-bond donors (Lipinski definition) is 0. The quantitative estimate of drug-likeness (QED) is 0.313. The standard InChI is InChI=1S/C22H14Cl4F3N3O2S/c23-16-6-13(22(27,28)29)7-17(24)20(16)32-10-14(18(9-30)31-32)15-8-19(21(15,25)26)35(33,34)11-12-4-2-1-3-5-12/h1-7,10,15,19H,8,11H2. The summed E-state index contributed by atoms with van der Waals surface area (Å²) < 4.78 is 64.4. The van der Waals surface area contributed by atoms with Crippen LogP contribution >= 0.6 is 46.4 Å². The van der Waals surface area contributed by atoms with Gasteiger partial charge in [-0.2, -0.15) is 23.5 Å². The fourth-order valence-electron chi connectivity index (χ4n) is 4.01. The first kappa shape index (κ1) is 26.1. The minimum Gasteiger partial charge on any atom is -0.236 e. The van der Waals surface area contributed by atoms with E-state index >= 15 is 0 Å². The molecule has 1 aliphatic carbocycles. The van der Waals surface area contributed by atoms with Crippen molar-refractivity contribution in [1.82, 2.24) is 9.78 Å². The average Bonchev–Trinajstić information content (AvgIpc) is 3.15. The second-order valence-electron chi connectivity index (χ2n) is 8.02. The third kappa shape index (κ3) is 4.87. The molecule has 1 aliphatic rings. The van der Waals surface area contributed by atoms with Crippen molar-refractivity contribution in [2.24, 2.45) is 0 Å². The maximum atomic E-state index is 13.1. The van der Waals surface area contributed by atoms with E-state index in [2.05, 4.69) is 5.10 Å². The summed E-state index contributed by atoms with van der Waals surface area (Å²) in [5, 5.41) is 11.9. The van der Waals surface area contributed by atoms with Crippen LogP contribution < -0.4 is 0 Å². The molecule has 1 saturated carbocycles. The van der Waals surface area contributed by atoms with E-state index in [4.69, 9.17) is 46.4 Å². The Morgan fingerprint density at radius 1 is 1.14 bits per heavy atom. The highest BCUT2D eigenvalue weighted by atomic mass is 35.5. The normalized spacial score (nSPS) is 19.7. The van der Waals surface area contributed by atoms with Crippen LogP contribution in [0.15, 0.2) is 48.7 Å². The van der Waals surface area contributed by atoms with Gasteiger partial charge in [-0.3, -0.25) is 0 Å². The van der Waals surface area contributed by atoms with Crippen molar-refractivity contribution < 1.29 is 21.6 Å². The lowest BCUT2D eigenvalue weighted by Gasteiger charge is -2.46. The Labute approximate surface area is 218 Å². The van der Waals surface area contributed by atoms with Gasteiger partial charge in [0, 0.05) is 17.7 Å². The molecule has 35 heavy (non-hydrogen) atoms. The third-order valence-corrected chi connectivity index (χ3v) is 9.84. The smallest absolute Gasteiger partial charge is 0.236 e. The molecule has 0 saturated heterocycles. The first-order valence-electron chi connectivity index (χ1n) is 9.95. The van der Waals surface area contributed by atoms with E-state index in [1.165, 1.54) is 6.20 Å². The molecule has 1 aromatic heterocycles. The van der Waals surface area contributed by atoms with Gasteiger partial charge in [0.2, 0.25) is 0 Å². The maximum Gasteiger partial charge on any atom is 0.416 e. The van der Waals surface area contributed by atoms with Crippen LogP contribution in [0.4, 0.5) is 13.2 Å². The molecule has 0 spiro atoms. The van der Waals surface area contributed by atoms with Gasteiger partial charge < -0.3 is 0 Å². The molecule has 2 aromatic carbocycles. The van der Waals surface area contributed by atoms with E-state index in [0.29, 0.717) is 17.7 Å². The Hall–Kier alpha value is -1.96. The molecular formula is C22H14Cl4F3N3O2S. The molecule has 3 aromatic rings. The summed E-state index contributed by atoms with van der Waals surface area (Å²) in [6.45, 7) is 0. The number of benzene rings is 2. The van der Waals surface area contributed by atoms with Gasteiger partial charge in [0.25, 0.3) is 0 Å². The van der Waals surface area contributed by atoms with Crippen molar-refractivity contribution in [3.05, 3.63) is 81.1 Å². The number of alkyl halides is 5. The fourth-order valence-corrected chi connectivity index (χ4v) is 8.06. The van der Waals surface area contributed by atoms with Gasteiger partial charge in [0.05, 0.1) is 26.6 Å². The van der Waals surface area contributed by atoms with Crippen molar-refractivity contribution in [3.8, 4) is 11.8 Å². The summed E-state index contributed by atoms with van der Waals surface area (Å²) in [6, 6.07) is 11.8. The number of nitriles is 1. The van der Waals surface area contributed by atoms with Crippen LogP contribution in [0.3, 0.4) is 0 Å². The summed E-state index contributed by atoms with van der Waals surface area (Å²) in [6.07, 6.45) is -3.32. The van der Waals surface area contributed by atoms with Crippen LogP contribution in [0.2, 0.25) is 10.0 Å². The number of rotatable bonds is 5. The summed E-state index contributed by atoms with van der Waals surface area (Å²) in [4.78, 5) is 0. The SMILES string of the molecule is N#Cc1nn(-c2c(Cl)cc(C(F)(F)F)cc2Cl)cc1C1CC(S(=O)(=O)Cc2ccccc2)C1(Cl)Cl. The summed E-state index contributed by atoms with van der Waals surface area (Å²) in [7, 11) is -3.75. The molecule has 184 valence electrons. The van der Waals surface area contributed by atoms with Crippen LogP contribution in [0.5, 0.6) is 0 Å². The van der Waals surface area contributed by atoms with Gasteiger partial charge in [0.1, 0.15) is 16.1 Å². The first-order valence-corrected chi connectivity index (χ1v) is 13.2. The predicted octanol–water partition coefficient (Wildman–Crippen LogP) is 6.71. The number of aromatic nitrogens is 2. The van der Waals surface area contributed by atoms with Gasteiger partial charge in [-0.25, -0.2) is 13.1 Å². The molecule has 1 fully saturated rings. The summed E-state index contributed by atoms with van der Waals surface area (Å²) >= 11 is 25.1. The number of hydrogen-bond acceptors (Lipinski definition) is 4. The van der Waals surface area contributed by atoms with Crippen molar-refractivity contribution >= 4 is 56.2 Å². The minimum atomic E-state index is -4.66. The van der Waals surface area contributed by atoms with Crippen LogP contribution in [0, 0.1) is 11.3 Å². The second kappa shape index (κ2) is 9.16. The highest BCUT2D eigenvalue weighted by molar-refractivity contribution is 7.91.